The van der Waals surface area contributed by atoms with Crippen molar-refractivity contribution in [2.45, 2.75) is 6.92 Å². The lowest BCUT2D eigenvalue weighted by Crippen LogP contribution is -2.12. The molecule has 0 unspecified atom stereocenters. The lowest BCUT2D eigenvalue weighted by molar-refractivity contribution is -0.111. The highest BCUT2D eigenvalue weighted by molar-refractivity contribution is 6.32. The molecule has 0 atom stereocenters. The number of furan rings is 1. The summed E-state index contributed by atoms with van der Waals surface area (Å²) < 4.78 is 5.80. The Balaban J connectivity index is 1.50. The fraction of sp³-hybridized carbons (Fsp3) is 0.0370. The summed E-state index contributed by atoms with van der Waals surface area (Å²) in [6, 6.07) is 22.8. The second-order valence-corrected chi connectivity index (χ2v) is 8.22. The van der Waals surface area contributed by atoms with Crippen LogP contribution in [0, 0.1) is 6.92 Å². The first-order chi connectivity index (χ1) is 15.9. The molecule has 164 valence electrons. The normalized spacial score (nSPS) is 11.0. The monoisotopic (exact) mass is 475 g/mol. The van der Waals surface area contributed by atoms with Crippen molar-refractivity contribution in [3.05, 3.63) is 117 Å². The predicted octanol–water partition coefficient (Wildman–Crippen LogP) is 7.44. The first kappa shape index (κ1) is 22.6. The van der Waals surface area contributed by atoms with E-state index in [-0.39, 0.29) is 5.78 Å². The lowest BCUT2D eigenvalue weighted by atomic mass is 10.0. The molecule has 0 bridgehead atoms. The number of hydrogen-bond donors (Lipinski definition) is 1. The van der Waals surface area contributed by atoms with Gasteiger partial charge in [0.25, 0.3) is 0 Å². The quantitative estimate of drug-likeness (QED) is 0.232. The second kappa shape index (κ2) is 9.90. The molecular weight excluding hydrogens is 457 g/mol. The SMILES string of the molecule is Cc1ccc(-c2ccc(C=CC(=O)Nc3ccc(Cl)cc3C(=O)c3ccccc3)o2)cc1Cl. The molecule has 1 N–H and O–H groups in total. The highest BCUT2D eigenvalue weighted by Gasteiger charge is 2.15. The van der Waals surface area contributed by atoms with Gasteiger partial charge < -0.3 is 9.73 Å². The zero-order valence-electron chi connectivity index (χ0n) is 17.6. The lowest BCUT2D eigenvalue weighted by Gasteiger charge is -2.10. The molecule has 1 amide bonds. The summed E-state index contributed by atoms with van der Waals surface area (Å²) >= 11 is 12.3. The Bertz CT molecular complexity index is 1360. The van der Waals surface area contributed by atoms with Crippen molar-refractivity contribution in [2.24, 2.45) is 0 Å². The van der Waals surface area contributed by atoms with Crippen molar-refractivity contribution in [2.75, 3.05) is 5.32 Å². The fourth-order valence-corrected chi connectivity index (χ4v) is 3.59. The molecule has 3 aromatic carbocycles. The van der Waals surface area contributed by atoms with Gasteiger partial charge in [0.1, 0.15) is 11.5 Å². The van der Waals surface area contributed by atoms with Crippen LogP contribution in [0.2, 0.25) is 10.0 Å². The molecule has 0 radical (unpaired) electrons. The van der Waals surface area contributed by atoms with E-state index in [2.05, 4.69) is 5.32 Å². The number of carbonyl (C=O) groups is 2. The summed E-state index contributed by atoms with van der Waals surface area (Å²) in [4.78, 5) is 25.4. The maximum Gasteiger partial charge on any atom is 0.248 e. The highest BCUT2D eigenvalue weighted by Crippen LogP contribution is 2.27. The number of ketones is 1. The van der Waals surface area contributed by atoms with Crippen molar-refractivity contribution in [3.63, 3.8) is 0 Å². The topological polar surface area (TPSA) is 59.3 Å². The summed E-state index contributed by atoms with van der Waals surface area (Å²) in [5, 5.41) is 3.81. The first-order valence-electron chi connectivity index (χ1n) is 10.2. The number of anilines is 1. The number of aryl methyl sites for hydroxylation is 1. The molecule has 6 heteroatoms. The Labute approximate surface area is 201 Å². The average Bonchev–Trinajstić information content (AvgIpc) is 3.30. The molecule has 4 aromatic rings. The Hall–Kier alpha value is -3.60. The summed E-state index contributed by atoms with van der Waals surface area (Å²) in [7, 11) is 0. The summed E-state index contributed by atoms with van der Waals surface area (Å²) in [5.74, 6) is 0.513. The standard InChI is InChI=1S/C27H19Cl2NO3/c1-17-7-8-19(15-23(17)29)25-13-10-21(33-25)11-14-26(31)30-24-12-9-20(28)16-22(24)27(32)18-5-3-2-4-6-18/h2-16H,1H3,(H,30,31). The second-order valence-electron chi connectivity index (χ2n) is 7.37. The van der Waals surface area contributed by atoms with Gasteiger partial charge in [-0.1, -0.05) is 65.7 Å². The molecule has 4 rings (SSSR count). The van der Waals surface area contributed by atoms with Crippen LogP contribution in [0.25, 0.3) is 17.4 Å². The van der Waals surface area contributed by atoms with Gasteiger partial charge in [-0.3, -0.25) is 9.59 Å². The number of nitrogens with one attached hydrogen (secondary N) is 1. The van der Waals surface area contributed by atoms with E-state index in [0.717, 1.165) is 11.1 Å². The van der Waals surface area contributed by atoms with E-state index < -0.39 is 5.91 Å². The maximum atomic E-state index is 12.9. The molecule has 1 aromatic heterocycles. The van der Waals surface area contributed by atoms with Crippen LogP contribution in [-0.4, -0.2) is 11.7 Å². The van der Waals surface area contributed by atoms with E-state index in [1.807, 2.05) is 37.3 Å². The van der Waals surface area contributed by atoms with Crippen LogP contribution in [0.1, 0.15) is 27.2 Å². The average molecular weight is 476 g/mol. The molecule has 0 aliphatic heterocycles. The van der Waals surface area contributed by atoms with Gasteiger partial charge in [0.05, 0.1) is 5.69 Å². The number of rotatable bonds is 6. The highest BCUT2D eigenvalue weighted by atomic mass is 35.5. The molecule has 0 spiro atoms. The Morgan fingerprint density at radius 3 is 2.45 bits per heavy atom. The number of benzene rings is 3. The predicted molar refractivity (Wildman–Crippen MR) is 133 cm³/mol. The zero-order valence-corrected chi connectivity index (χ0v) is 19.2. The van der Waals surface area contributed by atoms with Crippen molar-refractivity contribution < 1.29 is 14.0 Å². The Kier molecular flexibility index (Phi) is 6.78. The van der Waals surface area contributed by atoms with Crippen molar-refractivity contribution in [3.8, 4) is 11.3 Å². The summed E-state index contributed by atoms with van der Waals surface area (Å²) in [6.07, 6.45) is 2.90. The van der Waals surface area contributed by atoms with Gasteiger partial charge in [0, 0.05) is 32.8 Å². The van der Waals surface area contributed by atoms with Crippen LogP contribution in [0.4, 0.5) is 5.69 Å². The third-order valence-electron chi connectivity index (χ3n) is 5.00. The van der Waals surface area contributed by atoms with Crippen LogP contribution in [0.5, 0.6) is 0 Å². The van der Waals surface area contributed by atoms with Gasteiger partial charge in [0.2, 0.25) is 5.91 Å². The first-order valence-corrected chi connectivity index (χ1v) is 10.9. The van der Waals surface area contributed by atoms with E-state index in [0.29, 0.717) is 38.4 Å². The van der Waals surface area contributed by atoms with Gasteiger partial charge in [-0.05, 0) is 55.0 Å². The minimum Gasteiger partial charge on any atom is -0.457 e. The molecule has 0 saturated heterocycles. The van der Waals surface area contributed by atoms with E-state index in [1.54, 1.807) is 54.6 Å². The van der Waals surface area contributed by atoms with Gasteiger partial charge in [-0.2, -0.15) is 0 Å². The van der Waals surface area contributed by atoms with E-state index in [9.17, 15) is 9.59 Å². The summed E-state index contributed by atoms with van der Waals surface area (Å²) in [6.45, 7) is 1.93. The van der Waals surface area contributed by atoms with Crippen molar-refractivity contribution in [1.29, 1.82) is 0 Å². The van der Waals surface area contributed by atoms with Gasteiger partial charge in [-0.15, -0.1) is 0 Å². The molecular formula is C27H19Cl2NO3. The van der Waals surface area contributed by atoms with E-state index >= 15 is 0 Å². The van der Waals surface area contributed by atoms with Gasteiger partial charge >= 0.3 is 0 Å². The Morgan fingerprint density at radius 1 is 0.909 bits per heavy atom. The summed E-state index contributed by atoms with van der Waals surface area (Å²) in [5.41, 5.74) is 3.02. The molecule has 1 heterocycles. The number of carbonyl (C=O) groups excluding carboxylic acids is 2. The van der Waals surface area contributed by atoms with Crippen LogP contribution >= 0.6 is 23.2 Å². The minimum atomic E-state index is -0.407. The van der Waals surface area contributed by atoms with Crippen LogP contribution < -0.4 is 5.32 Å². The molecule has 4 nitrogen and oxygen atoms in total. The van der Waals surface area contributed by atoms with E-state index in [4.69, 9.17) is 27.6 Å². The van der Waals surface area contributed by atoms with Crippen LogP contribution in [0.3, 0.4) is 0 Å². The molecule has 0 saturated carbocycles. The fourth-order valence-electron chi connectivity index (χ4n) is 3.23. The third kappa shape index (κ3) is 5.43. The van der Waals surface area contributed by atoms with Crippen LogP contribution in [0.15, 0.2) is 89.4 Å². The van der Waals surface area contributed by atoms with Gasteiger partial charge in [-0.25, -0.2) is 0 Å². The number of hydrogen-bond acceptors (Lipinski definition) is 3. The largest absolute Gasteiger partial charge is 0.457 e. The smallest absolute Gasteiger partial charge is 0.248 e. The van der Waals surface area contributed by atoms with Crippen molar-refractivity contribution in [1.82, 2.24) is 0 Å². The number of halogens is 2. The molecule has 0 aliphatic carbocycles. The third-order valence-corrected chi connectivity index (χ3v) is 5.64. The van der Waals surface area contributed by atoms with E-state index in [1.165, 1.54) is 6.08 Å². The Morgan fingerprint density at radius 2 is 1.70 bits per heavy atom. The molecule has 0 aliphatic rings. The zero-order chi connectivity index (χ0) is 23.4. The van der Waals surface area contributed by atoms with Crippen molar-refractivity contribution >= 4 is 46.7 Å². The minimum absolute atomic E-state index is 0.232. The van der Waals surface area contributed by atoms with Crippen LogP contribution in [-0.2, 0) is 4.79 Å². The molecule has 33 heavy (non-hydrogen) atoms. The maximum absolute atomic E-state index is 12.9. The number of amides is 1. The van der Waals surface area contributed by atoms with Gasteiger partial charge in [0.15, 0.2) is 5.78 Å². The molecule has 0 fully saturated rings.